The molecule has 0 heterocycles. The molecular weight excluding hydrogens is 1460 g/mol. The Kier molecular flexibility index (Phi) is 34.7. The van der Waals surface area contributed by atoms with E-state index in [1.165, 1.54) is 17.4 Å². The van der Waals surface area contributed by atoms with Gasteiger partial charge in [0.05, 0.1) is 46.0 Å². The molecule has 0 fully saturated rings. The van der Waals surface area contributed by atoms with Crippen molar-refractivity contribution in [3.8, 4) is 90.1 Å². The second-order valence-corrected chi connectivity index (χ2v) is 29.0. The molecule has 0 aliphatic heterocycles. The van der Waals surface area contributed by atoms with Crippen LogP contribution < -0.4 is 28.4 Å². The van der Waals surface area contributed by atoms with Gasteiger partial charge in [-0.05, 0) is 178 Å². The summed E-state index contributed by atoms with van der Waals surface area (Å²) < 4.78 is 38.0. The van der Waals surface area contributed by atoms with Crippen LogP contribution in [0.25, 0.3) is 61.7 Å². The van der Waals surface area contributed by atoms with Crippen molar-refractivity contribution in [3.05, 3.63) is 344 Å². The monoisotopic (exact) mass is 1560 g/mol. The van der Waals surface area contributed by atoms with Crippen LogP contribution in [-0.2, 0) is 28.7 Å². The van der Waals surface area contributed by atoms with Crippen molar-refractivity contribution in [1.82, 2.24) is 0 Å². The summed E-state index contributed by atoms with van der Waals surface area (Å²) >= 11 is 0. The van der Waals surface area contributed by atoms with E-state index in [4.69, 9.17) is 33.2 Å². The number of ether oxygens (including phenoxy) is 7. The SMILES string of the molecule is CCC(C)(C)C(=O)Oc1c(-c2ccccc2)cccc1-c1ccccc1.CCC(C)(C)C(=O)Oc1ccc(C(=O)Oc2ccccc2)cc1.CCC(C)C(=O)O/C=C/c1ccc(-c2ccccc2)cc1.CCC(C)C(=O)Oc1c(-c2ccccc2)cccc1-c1ccccc1.CCC(C)C(=O)Oc1ccc(C(=O)Oc2ccccc2)cc1. The lowest BCUT2D eigenvalue weighted by atomic mass is 9.90. The van der Waals surface area contributed by atoms with E-state index in [-0.39, 0.29) is 47.6 Å². The average Bonchev–Trinajstić information content (AvgIpc) is 0.792. The Morgan fingerprint density at radius 2 is 0.564 bits per heavy atom. The Morgan fingerprint density at radius 3 is 0.906 bits per heavy atom. The quantitative estimate of drug-likeness (QED) is 0.0299. The summed E-state index contributed by atoms with van der Waals surface area (Å²) in [5.74, 6) is 0.646. The molecule has 0 bridgehead atoms. The largest absolute Gasteiger partial charge is 0.434 e. The fourth-order valence-corrected chi connectivity index (χ4v) is 10.7. The molecule has 0 N–H and O–H groups in total. The molecule has 12 aromatic rings. The van der Waals surface area contributed by atoms with Gasteiger partial charge < -0.3 is 33.2 Å². The van der Waals surface area contributed by atoms with E-state index in [9.17, 15) is 33.6 Å². The lowest BCUT2D eigenvalue weighted by Crippen LogP contribution is -2.28. The van der Waals surface area contributed by atoms with Gasteiger partial charge in [-0.15, -0.1) is 0 Å². The first-order valence-corrected chi connectivity index (χ1v) is 39.6. The van der Waals surface area contributed by atoms with Crippen molar-refractivity contribution >= 4 is 47.9 Å². The maximum atomic E-state index is 12.8. The molecule has 0 saturated heterocycles. The van der Waals surface area contributed by atoms with E-state index in [0.29, 0.717) is 52.0 Å². The molecular formula is C103H104O14. The zero-order chi connectivity index (χ0) is 84.1. The molecule has 0 amide bonds. The van der Waals surface area contributed by atoms with Crippen LogP contribution in [0.15, 0.2) is 328 Å². The topological polar surface area (TPSA) is 184 Å². The number of carbonyl (C=O) groups excluding carboxylic acids is 7. The number of rotatable bonds is 25. The van der Waals surface area contributed by atoms with Gasteiger partial charge in [0.1, 0.15) is 34.5 Å². The van der Waals surface area contributed by atoms with Gasteiger partial charge in [0.25, 0.3) is 0 Å². The smallest absolute Gasteiger partial charge is 0.343 e. The third-order valence-corrected chi connectivity index (χ3v) is 19.7. The molecule has 0 aliphatic carbocycles. The fourth-order valence-electron chi connectivity index (χ4n) is 10.7. The number of esters is 7. The van der Waals surface area contributed by atoms with Gasteiger partial charge in [-0.25, -0.2) is 9.59 Å². The minimum Gasteiger partial charge on any atom is -0.434 e. The van der Waals surface area contributed by atoms with Crippen LogP contribution in [0.2, 0.25) is 0 Å². The summed E-state index contributed by atoms with van der Waals surface area (Å²) in [4.78, 5) is 84.5. The summed E-state index contributed by atoms with van der Waals surface area (Å²) in [5.41, 5.74) is 10.9. The van der Waals surface area contributed by atoms with E-state index in [0.717, 1.165) is 75.8 Å². The maximum absolute atomic E-state index is 12.8. The predicted molar refractivity (Wildman–Crippen MR) is 466 cm³/mol. The first-order valence-electron chi connectivity index (χ1n) is 39.6. The molecule has 12 rings (SSSR count). The third kappa shape index (κ3) is 27.5. The number of hydrogen-bond acceptors (Lipinski definition) is 14. The van der Waals surface area contributed by atoms with Crippen LogP contribution in [0.3, 0.4) is 0 Å². The summed E-state index contributed by atoms with van der Waals surface area (Å²) in [7, 11) is 0. The summed E-state index contributed by atoms with van der Waals surface area (Å²) in [5, 5.41) is 0. The van der Waals surface area contributed by atoms with Crippen molar-refractivity contribution < 1.29 is 66.7 Å². The summed E-state index contributed by atoms with van der Waals surface area (Å²) in [6.45, 7) is 22.9. The van der Waals surface area contributed by atoms with Gasteiger partial charge >= 0.3 is 41.8 Å². The molecule has 3 unspecified atom stereocenters. The number of carbonyl (C=O) groups is 7. The van der Waals surface area contributed by atoms with E-state index in [1.807, 2.05) is 283 Å². The van der Waals surface area contributed by atoms with Gasteiger partial charge in [-0.1, -0.05) is 304 Å². The zero-order valence-corrected chi connectivity index (χ0v) is 68.7. The minimum atomic E-state index is -0.537. The lowest BCUT2D eigenvalue weighted by molar-refractivity contribution is -0.144. The summed E-state index contributed by atoms with van der Waals surface area (Å²) in [6.07, 6.45) is 6.94. The first-order chi connectivity index (χ1) is 56.4. The highest BCUT2D eigenvalue weighted by atomic mass is 16.6. The van der Waals surface area contributed by atoms with Crippen molar-refractivity contribution in [2.45, 2.75) is 115 Å². The molecule has 0 aliphatic rings. The van der Waals surface area contributed by atoms with Crippen molar-refractivity contribution in [1.29, 1.82) is 0 Å². The Morgan fingerprint density at radius 1 is 0.282 bits per heavy atom. The second-order valence-electron chi connectivity index (χ2n) is 29.0. The van der Waals surface area contributed by atoms with E-state index < -0.39 is 22.8 Å². The molecule has 12 aromatic carbocycles. The number of hydrogen-bond donors (Lipinski definition) is 0. The Labute approximate surface area is 689 Å². The van der Waals surface area contributed by atoms with Gasteiger partial charge in [0.2, 0.25) is 0 Å². The van der Waals surface area contributed by atoms with Crippen LogP contribution >= 0.6 is 0 Å². The molecule has 0 saturated carbocycles. The average molecular weight is 1570 g/mol. The third-order valence-electron chi connectivity index (χ3n) is 19.7. The van der Waals surface area contributed by atoms with Crippen molar-refractivity contribution in [2.75, 3.05) is 0 Å². The molecule has 0 aromatic heterocycles. The number of para-hydroxylation sites is 4. The highest BCUT2D eigenvalue weighted by Crippen LogP contribution is 2.42. The predicted octanol–water partition coefficient (Wildman–Crippen LogP) is 25.4. The van der Waals surface area contributed by atoms with E-state index in [2.05, 4.69) is 24.3 Å². The molecule has 0 radical (unpaired) electrons. The Bertz CT molecular complexity index is 5010. The highest BCUT2D eigenvalue weighted by molar-refractivity contribution is 5.93. The molecule has 3 atom stereocenters. The Hall–Kier alpha value is -13.3. The summed E-state index contributed by atoms with van der Waals surface area (Å²) in [6, 6.07) is 101. The normalized spacial score (nSPS) is 11.5. The molecule has 0 spiro atoms. The fraction of sp³-hybridized carbons (Fsp3) is 0.214. The molecule has 14 heteroatoms. The minimum absolute atomic E-state index is 0.0601. The first kappa shape index (κ1) is 89.2. The lowest BCUT2D eigenvalue weighted by Gasteiger charge is -2.23. The molecule has 14 nitrogen and oxygen atoms in total. The Balaban J connectivity index is 0.000000183. The van der Waals surface area contributed by atoms with Crippen molar-refractivity contribution in [2.24, 2.45) is 28.6 Å². The van der Waals surface area contributed by atoms with Gasteiger partial charge in [-0.2, -0.15) is 0 Å². The molecule has 600 valence electrons. The highest BCUT2D eigenvalue weighted by Gasteiger charge is 2.31. The van der Waals surface area contributed by atoms with Crippen LogP contribution in [0.4, 0.5) is 0 Å². The number of benzene rings is 12. The van der Waals surface area contributed by atoms with E-state index >= 15 is 0 Å². The van der Waals surface area contributed by atoms with Gasteiger partial charge in [0.15, 0.2) is 0 Å². The van der Waals surface area contributed by atoms with Crippen LogP contribution in [0, 0.1) is 28.6 Å². The molecule has 117 heavy (non-hydrogen) atoms. The van der Waals surface area contributed by atoms with Gasteiger partial charge in [0, 0.05) is 22.3 Å². The van der Waals surface area contributed by atoms with E-state index in [1.54, 1.807) is 103 Å². The second kappa shape index (κ2) is 45.5. The standard InChI is InChI=1S/C24H24O2.C23H22O2.C19H20O4.C19H20O2.C18H18O4/c1-4-24(2,3)23(25)26-22-20(18-12-7-5-8-13-18)16-11-17-21(22)19-14-9-6-10-15-19;1-3-17(2)23(24)25-22-20(18-11-6-4-7-12-18)15-10-16-21(22)19-13-8-5-9-14-19;1-4-19(2,3)18(21)23-16-12-10-14(11-13-16)17(20)22-15-8-6-5-7-9-15;1-3-15(2)19(20)21-14-13-16-9-11-18(12-10-16)17-7-5-4-6-8-17;1-3-13(2)17(19)21-16-11-9-14(10-12-16)18(20)22-15-7-5-4-6-8-15/h5-17H,4H2,1-3H3;4-17H,3H2,1-2H3;5-13H,4H2,1-3H3;4-15H,3H2,1-2H3;4-13H,3H2,1-2H3/b;;;14-13+;. The van der Waals surface area contributed by atoms with Crippen LogP contribution in [0.1, 0.15) is 141 Å². The van der Waals surface area contributed by atoms with Crippen molar-refractivity contribution in [3.63, 3.8) is 0 Å². The zero-order valence-electron chi connectivity index (χ0n) is 68.7. The van der Waals surface area contributed by atoms with Crippen LogP contribution in [-0.4, -0.2) is 41.8 Å². The van der Waals surface area contributed by atoms with Gasteiger partial charge in [-0.3, -0.25) is 24.0 Å². The van der Waals surface area contributed by atoms with Crippen LogP contribution in [0.5, 0.6) is 34.5 Å². The maximum Gasteiger partial charge on any atom is 0.343 e.